The maximum absolute atomic E-state index is 12.4. The smallest absolute Gasteiger partial charge is 0.307 e. The molecule has 0 radical (unpaired) electrons. The van der Waals surface area contributed by atoms with Crippen molar-refractivity contribution < 1.29 is 19.4 Å². The number of aliphatic carboxylic acids is 1. The predicted octanol–water partition coefficient (Wildman–Crippen LogP) is 2.66. The molecular formula is C20H25NO4. The van der Waals surface area contributed by atoms with E-state index < -0.39 is 5.97 Å². The summed E-state index contributed by atoms with van der Waals surface area (Å²) in [6.07, 6.45) is 7.09. The summed E-state index contributed by atoms with van der Waals surface area (Å²) in [5.41, 5.74) is 2.72. The second-order valence-corrected chi connectivity index (χ2v) is 7.76. The molecule has 2 fully saturated rings. The quantitative estimate of drug-likeness (QED) is 0.913. The van der Waals surface area contributed by atoms with E-state index in [-0.39, 0.29) is 23.8 Å². The van der Waals surface area contributed by atoms with Crippen molar-refractivity contribution in [2.75, 3.05) is 19.7 Å². The molecule has 1 heterocycles. The molecule has 1 aliphatic heterocycles. The molecular weight excluding hydrogens is 318 g/mol. The predicted molar refractivity (Wildman–Crippen MR) is 92.6 cm³/mol. The molecule has 1 saturated heterocycles. The molecule has 5 nitrogen and oxygen atoms in total. The van der Waals surface area contributed by atoms with E-state index in [1.165, 1.54) is 24.0 Å². The summed E-state index contributed by atoms with van der Waals surface area (Å²) in [6.45, 7) is 1.36. The third-order valence-corrected chi connectivity index (χ3v) is 6.28. The maximum atomic E-state index is 12.4. The third kappa shape index (κ3) is 3.24. The first-order valence-electron chi connectivity index (χ1n) is 9.33. The molecule has 1 amide bonds. The van der Waals surface area contributed by atoms with Crippen LogP contribution in [0.2, 0.25) is 0 Å². The number of nitrogens with zero attached hydrogens (tertiary/aromatic N) is 1. The SMILES string of the molecule is O=C(O)C1CC12CCN(C(=O)COc1ccc3c(c1)CCCC3)CC2. The Kier molecular flexibility index (Phi) is 4.18. The number of carbonyl (C=O) groups excluding carboxylic acids is 1. The van der Waals surface area contributed by atoms with Crippen molar-refractivity contribution >= 4 is 11.9 Å². The van der Waals surface area contributed by atoms with Crippen LogP contribution in [-0.4, -0.2) is 41.6 Å². The molecule has 1 atom stereocenters. The Morgan fingerprint density at radius 1 is 1.16 bits per heavy atom. The number of carbonyl (C=O) groups is 2. The van der Waals surface area contributed by atoms with Gasteiger partial charge in [-0.15, -0.1) is 0 Å². The molecule has 1 spiro atoms. The topological polar surface area (TPSA) is 66.8 Å². The van der Waals surface area contributed by atoms with E-state index in [0.717, 1.165) is 37.9 Å². The Hall–Kier alpha value is -2.04. The molecule has 0 bridgehead atoms. The standard InChI is InChI=1S/C20H25NO4/c22-18(21-9-7-20(8-10-21)12-17(20)19(23)24)13-25-16-6-5-14-3-1-2-4-15(14)11-16/h5-6,11,17H,1-4,7-10,12-13H2,(H,23,24). The number of hydrogen-bond acceptors (Lipinski definition) is 3. The van der Waals surface area contributed by atoms with Gasteiger partial charge in [0.15, 0.2) is 6.61 Å². The molecule has 1 saturated carbocycles. The van der Waals surface area contributed by atoms with E-state index in [1.54, 1.807) is 0 Å². The fourth-order valence-electron chi connectivity index (χ4n) is 4.49. The van der Waals surface area contributed by atoms with Gasteiger partial charge in [0.1, 0.15) is 5.75 Å². The lowest BCUT2D eigenvalue weighted by Gasteiger charge is -2.32. The van der Waals surface area contributed by atoms with E-state index in [4.69, 9.17) is 9.84 Å². The zero-order valence-electron chi connectivity index (χ0n) is 14.5. The second kappa shape index (κ2) is 6.36. The van der Waals surface area contributed by atoms with Gasteiger partial charge in [0, 0.05) is 13.1 Å². The Balaban J connectivity index is 1.28. The minimum atomic E-state index is -0.685. The van der Waals surface area contributed by atoms with Crippen LogP contribution in [0.4, 0.5) is 0 Å². The van der Waals surface area contributed by atoms with E-state index >= 15 is 0 Å². The monoisotopic (exact) mass is 343 g/mol. The number of hydrogen-bond donors (Lipinski definition) is 1. The summed E-state index contributed by atoms with van der Waals surface area (Å²) in [5.74, 6) is -0.109. The highest BCUT2D eigenvalue weighted by Crippen LogP contribution is 2.59. The van der Waals surface area contributed by atoms with Gasteiger partial charge < -0.3 is 14.7 Å². The van der Waals surface area contributed by atoms with E-state index in [9.17, 15) is 9.59 Å². The second-order valence-electron chi connectivity index (χ2n) is 7.76. The number of rotatable bonds is 4. The van der Waals surface area contributed by atoms with Crippen molar-refractivity contribution in [3.8, 4) is 5.75 Å². The highest BCUT2D eigenvalue weighted by Gasteiger charge is 2.59. The molecule has 1 aromatic rings. The van der Waals surface area contributed by atoms with Gasteiger partial charge in [-0.2, -0.15) is 0 Å². The highest BCUT2D eigenvalue weighted by molar-refractivity contribution is 5.78. The summed E-state index contributed by atoms with van der Waals surface area (Å²) in [5, 5.41) is 9.14. The molecule has 134 valence electrons. The zero-order valence-corrected chi connectivity index (χ0v) is 14.5. The van der Waals surface area contributed by atoms with Gasteiger partial charge in [-0.25, -0.2) is 0 Å². The van der Waals surface area contributed by atoms with Crippen LogP contribution >= 0.6 is 0 Å². The molecule has 5 heteroatoms. The van der Waals surface area contributed by atoms with Crippen LogP contribution in [-0.2, 0) is 22.4 Å². The molecule has 3 aliphatic rings. The summed E-state index contributed by atoms with van der Waals surface area (Å²) in [6, 6.07) is 6.16. The van der Waals surface area contributed by atoms with E-state index in [0.29, 0.717) is 13.1 Å². The fraction of sp³-hybridized carbons (Fsp3) is 0.600. The largest absolute Gasteiger partial charge is 0.484 e. The van der Waals surface area contributed by atoms with Crippen LogP contribution in [0.1, 0.15) is 43.2 Å². The number of ether oxygens (including phenoxy) is 1. The van der Waals surface area contributed by atoms with Crippen LogP contribution in [0.3, 0.4) is 0 Å². The Morgan fingerprint density at radius 3 is 2.56 bits per heavy atom. The van der Waals surface area contributed by atoms with Crippen molar-refractivity contribution in [2.45, 2.75) is 44.9 Å². The number of carboxylic acids is 1. The van der Waals surface area contributed by atoms with E-state index in [2.05, 4.69) is 12.1 Å². The van der Waals surface area contributed by atoms with Gasteiger partial charge in [0.25, 0.3) is 5.91 Å². The lowest BCUT2D eigenvalue weighted by atomic mass is 9.91. The van der Waals surface area contributed by atoms with Gasteiger partial charge in [-0.1, -0.05) is 6.07 Å². The molecule has 2 aliphatic carbocycles. The Labute approximate surface area is 148 Å². The first kappa shape index (κ1) is 16.4. The molecule has 1 aromatic carbocycles. The Bertz CT molecular complexity index is 691. The number of fused-ring (bicyclic) bond motifs is 1. The number of amides is 1. The highest BCUT2D eigenvalue weighted by atomic mass is 16.5. The van der Waals surface area contributed by atoms with Crippen molar-refractivity contribution in [3.63, 3.8) is 0 Å². The summed E-state index contributed by atoms with van der Waals surface area (Å²) in [7, 11) is 0. The third-order valence-electron chi connectivity index (χ3n) is 6.28. The van der Waals surface area contributed by atoms with Crippen LogP contribution in [0.5, 0.6) is 5.75 Å². The minimum Gasteiger partial charge on any atom is -0.484 e. The van der Waals surface area contributed by atoms with Gasteiger partial charge in [-0.05, 0) is 73.6 Å². The van der Waals surface area contributed by atoms with Crippen molar-refractivity contribution in [3.05, 3.63) is 29.3 Å². The fourth-order valence-corrected chi connectivity index (χ4v) is 4.49. The normalized spacial score (nSPS) is 23.8. The first-order chi connectivity index (χ1) is 12.1. The summed E-state index contributed by atoms with van der Waals surface area (Å²) < 4.78 is 5.73. The molecule has 1 N–H and O–H groups in total. The zero-order chi connectivity index (χ0) is 17.4. The number of carboxylic acid groups (broad SMARTS) is 1. The molecule has 0 aromatic heterocycles. The van der Waals surface area contributed by atoms with Gasteiger partial charge in [-0.3, -0.25) is 9.59 Å². The van der Waals surface area contributed by atoms with Crippen LogP contribution in [0.25, 0.3) is 0 Å². The number of likely N-dealkylation sites (tertiary alicyclic amines) is 1. The van der Waals surface area contributed by atoms with E-state index in [1.807, 2.05) is 11.0 Å². The van der Waals surface area contributed by atoms with Crippen LogP contribution < -0.4 is 4.74 Å². The Morgan fingerprint density at radius 2 is 1.88 bits per heavy atom. The number of aryl methyl sites for hydroxylation is 2. The lowest BCUT2D eigenvalue weighted by molar-refractivity contribution is -0.140. The van der Waals surface area contributed by atoms with Crippen LogP contribution in [0, 0.1) is 11.3 Å². The van der Waals surface area contributed by atoms with Crippen LogP contribution in [0.15, 0.2) is 18.2 Å². The molecule has 25 heavy (non-hydrogen) atoms. The van der Waals surface area contributed by atoms with Gasteiger partial charge >= 0.3 is 5.97 Å². The minimum absolute atomic E-state index is 0.0000886. The maximum Gasteiger partial charge on any atom is 0.307 e. The average Bonchev–Trinajstić information content (AvgIpc) is 3.34. The van der Waals surface area contributed by atoms with Crippen molar-refractivity contribution in [1.29, 1.82) is 0 Å². The van der Waals surface area contributed by atoms with Gasteiger partial charge in [0.2, 0.25) is 0 Å². The lowest BCUT2D eigenvalue weighted by Crippen LogP contribution is -2.42. The van der Waals surface area contributed by atoms with Crippen molar-refractivity contribution in [2.24, 2.45) is 11.3 Å². The average molecular weight is 343 g/mol. The molecule has 4 rings (SSSR count). The number of benzene rings is 1. The summed E-state index contributed by atoms with van der Waals surface area (Å²) >= 11 is 0. The van der Waals surface area contributed by atoms with Gasteiger partial charge in [0.05, 0.1) is 5.92 Å². The molecule has 1 unspecified atom stereocenters. The summed E-state index contributed by atoms with van der Waals surface area (Å²) in [4.78, 5) is 25.3. The van der Waals surface area contributed by atoms with Crippen molar-refractivity contribution in [1.82, 2.24) is 4.90 Å². The number of piperidine rings is 1. The first-order valence-corrected chi connectivity index (χ1v) is 9.33.